The van der Waals surface area contributed by atoms with Crippen LogP contribution in [0.15, 0.2) is 30.3 Å². The molecule has 1 aromatic rings. The molecule has 0 atom stereocenters. The third kappa shape index (κ3) is 6.12. The topological polar surface area (TPSA) is 29.5 Å². The van der Waals surface area contributed by atoms with Crippen LogP contribution in [-0.4, -0.2) is 18.3 Å². The summed E-state index contributed by atoms with van der Waals surface area (Å²) < 4.78 is 5.64. The molecule has 0 aliphatic heterocycles. The Morgan fingerprint density at radius 1 is 1.12 bits per heavy atom. The van der Waals surface area contributed by atoms with Gasteiger partial charge in [-0.25, -0.2) is 0 Å². The number of benzene rings is 1. The molecule has 0 saturated heterocycles. The van der Waals surface area contributed by atoms with Crippen LogP contribution >= 0.6 is 0 Å². The number of hydrogen-bond acceptors (Lipinski definition) is 2. The first-order valence-corrected chi connectivity index (χ1v) is 6.37. The monoisotopic (exact) mass is 234 g/mol. The normalized spacial score (nSPS) is 10.9. The Morgan fingerprint density at radius 3 is 2.53 bits per heavy atom. The predicted molar refractivity (Wildman–Crippen MR) is 72.2 cm³/mol. The second kappa shape index (κ2) is 8.82. The Bertz CT molecular complexity index is 314. The number of aliphatic hydroxyl groups excluding tert-OH is 1. The summed E-state index contributed by atoms with van der Waals surface area (Å²) in [6.45, 7) is 3.08. The Kier molecular flexibility index (Phi) is 7.15. The average Bonchev–Trinajstić information content (AvgIpc) is 2.37. The largest absolute Gasteiger partial charge is 0.494 e. The van der Waals surface area contributed by atoms with Crippen molar-refractivity contribution in [1.82, 2.24) is 0 Å². The van der Waals surface area contributed by atoms with Gasteiger partial charge in [0.15, 0.2) is 0 Å². The number of aliphatic hydroxyl groups is 1. The maximum Gasteiger partial charge on any atom is 0.119 e. The first-order chi connectivity index (χ1) is 8.36. The van der Waals surface area contributed by atoms with E-state index in [0.717, 1.165) is 24.3 Å². The van der Waals surface area contributed by atoms with Crippen LogP contribution in [-0.2, 0) is 0 Å². The van der Waals surface area contributed by atoms with Crippen LogP contribution in [0.3, 0.4) is 0 Å². The van der Waals surface area contributed by atoms with Crippen LogP contribution in [0, 0.1) is 0 Å². The second-order valence-corrected chi connectivity index (χ2v) is 4.06. The molecule has 94 valence electrons. The van der Waals surface area contributed by atoms with Crippen LogP contribution in [0.25, 0.3) is 6.08 Å². The van der Waals surface area contributed by atoms with E-state index in [0.29, 0.717) is 0 Å². The van der Waals surface area contributed by atoms with E-state index in [-0.39, 0.29) is 6.61 Å². The fourth-order valence-corrected chi connectivity index (χ4v) is 1.58. The summed E-state index contributed by atoms with van der Waals surface area (Å²) in [5.74, 6) is 0.919. The van der Waals surface area contributed by atoms with Gasteiger partial charge in [0.1, 0.15) is 5.75 Å². The smallest absolute Gasteiger partial charge is 0.119 e. The van der Waals surface area contributed by atoms with Gasteiger partial charge < -0.3 is 9.84 Å². The molecule has 0 aliphatic rings. The molecule has 0 fully saturated rings. The van der Waals surface area contributed by atoms with Gasteiger partial charge in [0.2, 0.25) is 0 Å². The van der Waals surface area contributed by atoms with Crippen molar-refractivity contribution >= 4 is 6.08 Å². The summed E-state index contributed by atoms with van der Waals surface area (Å²) in [4.78, 5) is 0. The third-order valence-corrected chi connectivity index (χ3v) is 2.56. The molecule has 0 amide bonds. The molecular weight excluding hydrogens is 212 g/mol. The van der Waals surface area contributed by atoms with Crippen molar-refractivity contribution < 1.29 is 9.84 Å². The van der Waals surface area contributed by atoms with Crippen molar-refractivity contribution in [2.45, 2.75) is 32.6 Å². The van der Waals surface area contributed by atoms with Crippen LogP contribution in [0.1, 0.15) is 38.2 Å². The lowest BCUT2D eigenvalue weighted by Gasteiger charge is -2.05. The SMILES string of the molecule is CCCCCCOc1ccc(C=CCO)cc1. The summed E-state index contributed by atoms with van der Waals surface area (Å²) in [6, 6.07) is 7.93. The molecule has 0 unspecified atom stereocenters. The highest BCUT2D eigenvalue weighted by Gasteiger charge is 1.93. The summed E-state index contributed by atoms with van der Waals surface area (Å²) >= 11 is 0. The molecule has 0 radical (unpaired) electrons. The van der Waals surface area contributed by atoms with Gasteiger partial charge in [0, 0.05) is 0 Å². The lowest BCUT2D eigenvalue weighted by atomic mass is 10.2. The van der Waals surface area contributed by atoms with Crippen LogP contribution < -0.4 is 4.74 Å². The second-order valence-electron chi connectivity index (χ2n) is 4.06. The minimum Gasteiger partial charge on any atom is -0.494 e. The molecule has 0 aliphatic carbocycles. The van der Waals surface area contributed by atoms with E-state index in [1.165, 1.54) is 19.3 Å². The third-order valence-electron chi connectivity index (χ3n) is 2.56. The van der Waals surface area contributed by atoms with E-state index in [1.54, 1.807) is 6.08 Å². The Hall–Kier alpha value is -1.28. The molecule has 0 spiro atoms. The maximum atomic E-state index is 8.66. The van der Waals surface area contributed by atoms with Crippen LogP contribution in [0.4, 0.5) is 0 Å². The molecule has 0 saturated carbocycles. The fourth-order valence-electron chi connectivity index (χ4n) is 1.58. The van der Waals surface area contributed by atoms with Crippen LogP contribution in [0.5, 0.6) is 5.75 Å². The first kappa shape index (κ1) is 13.8. The van der Waals surface area contributed by atoms with E-state index in [4.69, 9.17) is 9.84 Å². The predicted octanol–water partition coefficient (Wildman–Crippen LogP) is 3.65. The van der Waals surface area contributed by atoms with Crippen LogP contribution in [0.2, 0.25) is 0 Å². The zero-order chi connectivity index (χ0) is 12.3. The average molecular weight is 234 g/mol. The molecule has 0 heterocycles. The fraction of sp³-hybridized carbons (Fsp3) is 0.467. The summed E-state index contributed by atoms with van der Waals surface area (Å²) in [6.07, 6.45) is 8.53. The lowest BCUT2D eigenvalue weighted by Crippen LogP contribution is -1.96. The van der Waals surface area contributed by atoms with E-state index in [1.807, 2.05) is 30.3 Å². The molecule has 0 bridgehead atoms. The Morgan fingerprint density at radius 2 is 1.88 bits per heavy atom. The molecule has 0 aromatic heterocycles. The molecular formula is C15H22O2. The maximum absolute atomic E-state index is 8.66. The first-order valence-electron chi connectivity index (χ1n) is 6.37. The molecule has 17 heavy (non-hydrogen) atoms. The highest BCUT2D eigenvalue weighted by Crippen LogP contribution is 2.13. The van der Waals surface area contributed by atoms with Gasteiger partial charge >= 0.3 is 0 Å². The van der Waals surface area contributed by atoms with E-state index in [2.05, 4.69) is 6.92 Å². The van der Waals surface area contributed by atoms with Gasteiger partial charge in [0.05, 0.1) is 13.2 Å². The quantitative estimate of drug-likeness (QED) is 0.696. The summed E-state index contributed by atoms with van der Waals surface area (Å²) in [5, 5.41) is 8.66. The number of rotatable bonds is 8. The van der Waals surface area contributed by atoms with Crippen molar-refractivity contribution in [3.05, 3.63) is 35.9 Å². The summed E-state index contributed by atoms with van der Waals surface area (Å²) in [5.41, 5.74) is 1.08. The molecule has 1 N–H and O–H groups in total. The highest BCUT2D eigenvalue weighted by molar-refractivity contribution is 5.50. The zero-order valence-electron chi connectivity index (χ0n) is 10.6. The van der Waals surface area contributed by atoms with Crippen molar-refractivity contribution in [2.75, 3.05) is 13.2 Å². The summed E-state index contributed by atoms with van der Waals surface area (Å²) in [7, 11) is 0. The van der Waals surface area contributed by atoms with Gasteiger partial charge in [-0.15, -0.1) is 0 Å². The van der Waals surface area contributed by atoms with Gasteiger partial charge in [-0.1, -0.05) is 50.5 Å². The van der Waals surface area contributed by atoms with Crippen molar-refractivity contribution in [3.8, 4) is 5.75 Å². The molecule has 2 nitrogen and oxygen atoms in total. The van der Waals surface area contributed by atoms with E-state index >= 15 is 0 Å². The minimum atomic E-state index is 0.0790. The minimum absolute atomic E-state index is 0.0790. The number of ether oxygens (including phenoxy) is 1. The van der Waals surface area contributed by atoms with E-state index in [9.17, 15) is 0 Å². The molecule has 1 rings (SSSR count). The number of hydrogen-bond donors (Lipinski definition) is 1. The Labute approximate surface area is 104 Å². The molecule has 1 aromatic carbocycles. The van der Waals surface area contributed by atoms with Crippen molar-refractivity contribution in [2.24, 2.45) is 0 Å². The van der Waals surface area contributed by atoms with Gasteiger partial charge in [-0.3, -0.25) is 0 Å². The number of unbranched alkanes of at least 4 members (excludes halogenated alkanes) is 3. The van der Waals surface area contributed by atoms with Crippen molar-refractivity contribution in [1.29, 1.82) is 0 Å². The standard InChI is InChI=1S/C15H22O2/c1-2-3-4-5-13-17-15-10-8-14(9-11-15)7-6-12-16/h6-11,16H,2-5,12-13H2,1H3. The van der Waals surface area contributed by atoms with E-state index < -0.39 is 0 Å². The Balaban J connectivity index is 2.28. The highest BCUT2D eigenvalue weighted by atomic mass is 16.5. The van der Waals surface area contributed by atoms with Gasteiger partial charge in [0.25, 0.3) is 0 Å². The van der Waals surface area contributed by atoms with Crippen molar-refractivity contribution in [3.63, 3.8) is 0 Å². The van der Waals surface area contributed by atoms with Gasteiger partial charge in [-0.05, 0) is 24.1 Å². The molecule has 2 heteroatoms. The van der Waals surface area contributed by atoms with Gasteiger partial charge in [-0.2, -0.15) is 0 Å². The zero-order valence-corrected chi connectivity index (χ0v) is 10.6. The lowest BCUT2D eigenvalue weighted by molar-refractivity contribution is 0.305.